The maximum atomic E-state index is 5.93. The van der Waals surface area contributed by atoms with E-state index in [1.54, 1.807) is 0 Å². The molecule has 2 aromatic heterocycles. The van der Waals surface area contributed by atoms with Gasteiger partial charge in [-0.05, 0) is 48.4 Å². The molecule has 0 saturated heterocycles. The molecule has 21 heavy (non-hydrogen) atoms. The zero-order valence-electron chi connectivity index (χ0n) is 11.9. The van der Waals surface area contributed by atoms with Crippen LogP contribution >= 0.6 is 11.6 Å². The molecule has 0 fully saturated rings. The van der Waals surface area contributed by atoms with E-state index in [0.29, 0.717) is 5.15 Å². The van der Waals surface area contributed by atoms with E-state index in [1.807, 2.05) is 30.3 Å². The van der Waals surface area contributed by atoms with E-state index in [1.165, 1.54) is 0 Å². The van der Waals surface area contributed by atoms with Crippen LogP contribution in [0.5, 0.6) is 0 Å². The second kappa shape index (κ2) is 5.70. The molecule has 3 aromatic rings. The number of halogens is 1. The lowest BCUT2D eigenvalue weighted by Crippen LogP contribution is -2.11. The Morgan fingerprint density at radius 2 is 2.14 bits per heavy atom. The number of fused-ring (bicyclic) bond motifs is 1. The lowest BCUT2D eigenvalue weighted by molar-refractivity contribution is 0.591. The summed E-state index contributed by atoms with van der Waals surface area (Å²) in [5.41, 5.74) is 3.74. The Labute approximate surface area is 128 Å². The van der Waals surface area contributed by atoms with Crippen LogP contribution in [0.1, 0.15) is 19.1 Å². The highest BCUT2D eigenvalue weighted by atomic mass is 35.5. The van der Waals surface area contributed by atoms with E-state index in [2.05, 4.69) is 29.9 Å². The average molecular weight is 301 g/mol. The molecule has 2 N–H and O–H groups in total. The molecule has 108 valence electrons. The van der Waals surface area contributed by atoms with E-state index in [4.69, 9.17) is 16.0 Å². The first-order valence-electron chi connectivity index (χ1n) is 6.99. The molecule has 3 nitrogen and oxygen atoms in total. The summed E-state index contributed by atoms with van der Waals surface area (Å²) in [5, 5.41) is 4.93. The summed E-state index contributed by atoms with van der Waals surface area (Å²) in [6.45, 7) is 7.02. The van der Waals surface area contributed by atoms with Crippen molar-refractivity contribution < 1.29 is 4.42 Å². The molecular weight excluding hydrogens is 284 g/mol. The quantitative estimate of drug-likeness (QED) is 0.692. The summed E-state index contributed by atoms with van der Waals surface area (Å²) in [6.07, 6.45) is 1.05. The molecule has 0 aliphatic carbocycles. The van der Waals surface area contributed by atoms with Gasteiger partial charge in [-0.1, -0.05) is 25.1 Å². The molecule has 0 aliphatic heterocycles. The monoisotopic (exact) mass is 300 g/mol. The van der Waals surface area contributed by atoms with Crippen molar-refractivity contribution in [1.82, 2.24) is 10.3 Å². The molecular formula is C17H17ClN2O. The maximum Gasteiger partial charge on any atom is 0.150 e. The minimum atomic E-state index is 0.634. The van der Waals surface area contributed by atoms with Crippen LogP contribution in [-0.4, -0.2) is 11.5 Å². The molecule has 2 heterocycles. The Morgan fingerprint density at radius 3 is 2.86 bits per heavy atom. The minimum Gasteiger partial charge on any atom is -0.455 e. The van der Waals surface area contributed by atoms with Crippen LogP contribution in [0.25, 0.3) is 27.9 Å². The molecule has 0 unspecified atom stereocenters. The smallest absolute Gasteiger partial charge is 0.150 e. The van der Waals surface area contributed by atoms with Gasteiger partial charge in [0.25, 0.3) is 0 Å². The maximum absolute atomic E-state index is 5.93. The second-order valence-corrected chi connectivity index (χ2v) is 5.40. The normalized spacial score (nSPS) is 11.0. The van der Waals surface area contributed by atoms with Gasteiger partial charge in [0.05, 0.1) is 5.70 Å². The van der Waals surface area contributed by atoms with Crippen LogP contribution in [0.15, 0.2) is 47.4 Å². The Bertz CT molecular complexity index is 785. The van der Waals surface area contributed by atoms with Crippen molar-refractivity contribution >= 4 is 28.3 Å². The van der Waals surface area contributed by atoms with Gasteiger partial charge in [-0.3, -0.25) is 0 Å². The fourth-order valence-corrected chi connectivity index (χ4v) is 2.42. The highest BCUT2D eigenvalue weighted by molar-refractivity contribution is 6.29. The van der Waals surface area contributed by atoms with Crippen LogP contribution in [0, 0.1) is 0 Å². The number of rotatable bonds is 5. The average Bonchev–Trinajstić information content (AvgIpc) is 3.09. The lowest BCUT2D eigenvalue weighted by atomic mass is 10.1. The summed E-state index contributed by atoms with van der Waals surface area (Å²) in [5.74, 6) is 0.778. The molecule has 3 rings (SSSR count). The number of furan rings is 1. The first kappa shape index (κ1) is 13.8. The van der Waals surface area contributed by atoms with Gasteiger partial charge in [0.1, 0.15) is 10.7 Å². The first-order chi connectivity index (χ1) is 10.2. The first-order valence-corrected chi connectivity index (χ1v) is 7.37. The van der Waals surface area contributed by atoms with Crippen molar-refractivity contribution in [2.45, 2.75) is 13.3 Å². The molecule has 0 amide bonds. The van der Waals surface area contributed by atoms with Gasteiger partial charge in [-0.2, -0.15) is 0 Å². The van der Waals surface area contributed by atoms with Crippen molar-refractivity contribution in [3.63, 3.8) is 0 Å². The summed E-state index contributed by atoms with van der Waals surface area (Å²) in [4.78, 5) is 3.12. The highest BCUT2D eigenvalue weighted by Crippen LogP contribution is 2.28. The summed E-state index contributed by atoms with van der Waals surface area (Å²) in [7, 11) is 0. The van der Waals surface area contributed by atoms with Crippen molar-refractivity contribution in [3.05, 3.63) is 53.9 Å². The Kier molecular flexibility index (Phi) is 3.76. The number of hydrogen-bond donors (Lipinski definition) is 2. The SMILES string of the molecule is C=C(NCCC)c1cc2cc(-c3ccc(Cl)[nH]3)ccc2o1. The van der Waals surface area contributed by atoms with Crippen molar-refractivity contribution in [3.8, 4) is 11.3 Å². The number of aromatic nitrogens is 1. The Balaban J connectivity index is 1.93. The molecule has 0 atom stereocenters. The zero-order valence-corrected chi connectivity index (χ0v) is 12.6. The number of aromatic amines is 1. The largest absolute Gasteiger partial charge is 0.455 e. The second-order valence-electron chi connectivity index (χ2n) is 4.99. The predicted octanol–water partition coefficient (Wildman–Crippen LogP) is 5.05. The molecule has 0 bridgehead atoms. The van der Waals surface area contributed by atoms with Crippen LogP contribution in [-0.2, 0) is 0 Å². The summed E-state index contributed by atoms with van der Waals surface area (Å²) in [6, 6.07) is 11.9. The van der Waals surface area contributed by atoms with Crippen LogP contribution < -0.4 is 5.32 Å². The molecule has 0 saturated carbocycles. The predicted molar refractivity (Wildman–Crippen MR) is 88.3 cm³/mol. The van der Waals surface area contributed by atoms with Gasteiger partial charge >= 0.3 is 0 Å². The number of nitrogens with one attached hydrogen (secondary N) is 2. The van der Waals surface area contributed by atoms with Gasteiger partial charge in [-0.15, -0.1) is 0 Å². The van der Waals surface area contributed by atoms with Gasteiger partial charge in [0.2, 0.25) is 0 Å². The third kappa shape index (κ3) is 2.83. The molecule has 4 heteroatoms. The highest BCUT2D eigenvalue weighted by Gasteiger charge is 2.09. The van der Waals surface area contributed by atoms with Gasteiger partial charge in [-0.25, -0.2) is 0 Å². The minimum absolute atomic E-state index is 0.634. The zero-order chi connectivity index (χ0) is 14.8. The number of hydrogen-bond acceptors (Lipinski definition) is 2. The standard InChI is InChI=1S/C17H17ClN2O/c1-3-8-19-11(2)16-10-13-9-12(4-6-15(13)21-16)14-5-7-17(18)20-14/h4-7,9-10,19-20H,2-3,8H2,1H3. The van der Waals surface area contributed by atoms with E-state index in [9.17, 15) is 0 Å². The third-order valence-corrected chi connectivity index (χ3v) is 3.58. The molecule has 0 spiro atoms. The summed E-state index contributed by atoms with van der Waals surface area (Å²) < 4.78 is 5.82. The number of H-pyrrole nitrogens is 1. The van der Waals surface area contributed by atoms with Gasteiger partial charge < -0.3 is 14.7 Å². The summed E-state index contributed by atoms with van der Waals surface area (Å²) >= 11 is 5.93. The fourth-order valence-electron chi connectivity index (χ4n) is 2.26. The van der Waals surface area contributed by atoms with Gasteiger partial charge in [0, 0.05) is 17.6 Å². The van der Waals surface area contributed by atoms with Crippen LogP contribution in [0.4, 0.5) is 0 Å². The molecule has 0 aliphatic rings. The third-order valence-electron chi connectivity index (χ3n) is 3.36. The van der Waals surface area contributed by atoms with Gasteiger partial charge in [0.15, 0.2) is 5.76 Å². The number of benzene rings is 1. The van der Waals surface area contributed by atoms with Crippen molar-refractivity contribution in [2.75, 3.05) is 6.54 Å². The Hall–Kier alpha value is -2.13. The van der Waals surface area contributed by atoms with Crippen LogP contribution in [0.3, 0.4) is 0 Å². The lowest BCUT2D eigenvalue weighted by Gasteiger charge is -2.03. The van der Waals surface area contributed by atoms with E-state index in [0.717, 1.165) is 46.6 Å². The molecule has 0 radical (unpaired) electrons. The fraction of sp³-hybridized carbons (Fsp3) is 0.176. The van der Waals surface area contributed by atoms with Crippen molar-refractivity contribution in [1.29, 1.82) is 0 Å². The Morgan fingerprint density at radius 1 is 1.29 bits per heavy atom. The van der Waals surface area contributed by atoms with E-state index in [-0.39, 0.29) is 0 Å². The topological polar surface area (TPSA) is 41.0 Å². The van der Waals surface area contributed by atoms with Crippen LogP contribution in [0.2, 0.25) is 5.15 Å². The van der Waals surface area contributed by atoms with E-state index >= 15 is 0 Å². The van der Waals surface area contributed by atoms with Crippen molar-refractivity contribution in [2.24, 2.45) is 0 Å². The molecule has 1 aromatic carbocycles. The van der Waals surface area contributed by atoms with E-state index < -0.39 is 0 Å².